The summed E-state index contributed by atoms with van der Waals surface area (Å²) in [5, 5.41) is 1.91. The molecule has 2 aliphatic rings. The Labute approximate surface area is 226 Å². The van der Waals surface area contributed by atoms with Crippen LogP contribution in [0.1, 0.15) is 41.3 Å². The van der Waals surface area contributed by atoms with E-state index in [2.05, 4.69) is 49.4 Å². The molecule has 0 atom stereocenters. The highest BCUT2D eigenvalue weighted by atomic mass is 32.2. The summed E-state index contributed by atoms with van der Waals surface area (Å²) in [4.78, 5) is 46.9. The van der Waals surface area contributed by atoms with E-state index in [9.17, 15) is 9.59 Å². The lowest BCUT2D eigenvalue weighted by atomic mass is 9.96. The van der Waals surface area contributed by atoms with Crippen molar-refractivity contribution in [3.05, 3.63) is 82.0 Å². The number of anilines is 1. The maximum atomic E-state index is 11.9. The highest BCUT2D eigenvalue weighted by molar-refractivity contribution is 8.18. The van der Waals surface area contributed by atoms with Crippen molar-refractivity contribution >= 4 is 34.9 Å². The number of nitrogens with zero attached hydrogens (tertiary/aromatic N) is 6. The van der Waals surface area contributed by atoms with Crippen LogP contribution in [0.2, 0.25) is 0 Å². The third-order valence-electron chi connectivity index (χ3n) is 6.66. The van der Waals surface area contributed by atoms with Gasteiger partial charge in [-0.15, -0.1) is 0 Å². The van der Waals surface area contributed by atoms with Crippen molar-refractivity contribution in [1.82, 2.24) is 30.2 Å². The largest absolute Gasteiger partial charge is 0.341 e. The molecular weight excluding hydrogens is 498 g/mol. The average Bonchev–Trinajstić information content (AvgIpc) is 3.20. The number of aromatic nitrogens is 4. The van der Waals surface area contributed by atoms with Gasteiger partial charge in [0, 0.05) is 50.3 Å². The summed E-state index contributed by atoms with van der Waals surface area (Å²) in [6.45, 7) is 8.30. The number of thioether (sulfide) groups is 1. The highest BCUT2D eigenvalue weighted by Gasteiger charge is 2.26. The second kappa shape index (κ2) is 11.8. The summed E-state index contributed by atoms with van der Waals surface area (Å²) in [5.41, 5.74) is 4.82. The van der Waals surface area contributed by atoms with Gasteiger partial charge in [0.05, 0.1) is 22.0 Å². The van der Waals surface area contributed by atoms with Crippen molar-refractivity contribution in [1.29, 1.82) is 0 Å². The Morgan fingerprint density at radius 1 is 0.974 bits per heavy atom. The average molecular weight is 530 g/mol. The second-order valence-corrected chi connectivity index (χ2v) is 10.8. The van der Waals surface area contributed by atoms with E-state index < -0.39 is 0 Å². The molecule has 38 heavy (non-hydrogen) atoms. The van der Waals surface area contributed by atoms with Gasteiger partial charge in [-0.25, -0.2) is 9.97 Å². The first-order valence-corrected chi connectivity index (χ1v) is 13.6. The Bertz CT molecular complexity index is 1310. The third kappa shape index (κ3) is 6.81. The summed E-state index contributed by atoms with van der Waals surface area (Å²) >= 11 is 0.892. The number of aryl methyl sites for hydroxylation is 2. The molecule has 5 heterocycles. The fourth-order valence-electron chi connectivity index (χ4n) is 4.85. The number of piperidine rings is 1. The number of hydrogen-bond donors (Lipinski definition) is 1. The molecule has 2 amide bonds. The highest BCUT2D eigenvalue weighted by Crippen LogP contribution is 2.26. The maximum Gasteiger partial charge on any atom is 0.290 e. The van der Waals surface area contributed by atoms with Crippen LogP contribution in [0.4, 0.5) is 10.7 Å². The van der Waals surface area contributed by atoms with Crippen molar-refractivity contribution in [3.8, 4) is 0 Å². The summed E-state index contributed by atoms with van der Waals surface area (Å²) in [6.07, 6.45) is 5.39. The molecule has 9 nitrogen and oxygen atoms in total. The first kappa shape index (κ1) is 26.0. The maximum absolute atomic E-state index is 11.9. The van der Waals surface area contributed by atoms with Crippen LogP contribution in [0.25, 0.3) is 6.08 Å². The molecular formula is C28H31N7O2S. The van der Waals surface area contributed by atoms with Gasteiger partial charge >= 0.3 is 0 Å². The van der Waals surface area contributed by atoms with E-state index in [-0.39, 0.29) is 11.1 Å². The zero-order chi connectivity index (χ0) is 26.5. The lowest BCUT2D eigenvalue weighted by molar-refractivity contribution is -0.115. The van der Waals surface area contributed by atoms with Crippen LogP contribution in [0.3, 0.4) is 0 Å². The molecule has 3 aromatic rings. The Hall–Kier alpha value is -3.63. The normalized spacial score (nSPS) is 17.4. The van der Waals surface area contributed by atoms with Gasteiger partial charge in [0.2, 0.25) is 5.95 Å². The summed E-state index contributed by atoms with van der Waals surface area (Å²) in [7, 11) is 0. The summed E-state index contributed by atoms with van der Waals surface area (Å²) < 4.78 is 0. The van der Waals surface area contributed by atoms with Crippen LogP contribution < -0.4 is 10.2 Å². The monoisotopic (exact) mass is 529 g/mol. The van der Waals surface area contributed by atoms with Crippen molar-refractivity contribution < 1.29 is 9.59 Å². The van der Waals surface area contributed by atoms with Crippen LogP contribution in [0.15, 0.2) is 53.6 Å². The van der Waals surface area contributed by atoms with Gasteiger partial charge in [0.1, 0.15) is 0 Å². The van der Waals surface area contributed by atoms with Gasteiger partial charge in [-0.1, -0.05) is 12.1 Å². The fraction of sp³-hybridized carbons (Fsp3) is 0.357. The standard InChI is InChI=1S/C28H31N7O2S/c1-19-5-3-7-23(30-19)17-34(18-24-8-4-6-20(2)31-24)16-21-10-13-35(14-11-21)27-29-12-9-22(32-27)15-25-26(36)33-28(37)38-25/h3-9,12,15,21H,10-11,13-14,16-18H2,1-2H3,(H,33,36,37)/b25-15+. The lowest BCUT2D eigenvalue weighted by Crippen LogP contribution is -2.39. The van der Waals surface area contributed by atoms with Crippen LogP contribution >= 0.6 is 11.8 Å². The third-order valence-corrected chi connectivity index (χ3v) is 7.47. The molecule has 196 valence electrons. The Morgan fingerprint density at radius 3 is 2.21 bits per heavy atom. The minimum atomic E-state index is -0.382. The number of nitrogens with one attached hydrogen (secondary N) is 1. The quantitative estimate of drug-likeness (QED) is 0.431. The SMILES string of the molecule is Cc1cccc(CN(Cc2cccc(C)n2)CC2CCN(c3nccc(/C=C4/SC(=O)NC4=O)n3)CC2)n1. The topological polar surface area (TPSA) is 104 Å². The Kier molecular flexibility index (Phi) is 8.09. The molecule has 2 saturated heterocycles. The van der Waals surface area contributed by atoms with Gasteiger partial charge in [-0.05, 0) is 80.8 Å². The molecule has 1 N–H and O–H groups in total. The fourth-order valence-corrected chi connectivity index (χ4v) is 5.52. The second-order valence-electron chi connectivity index (χ2n) is 9.77. The predicted octanol–water partition coefficient (Wildman–Crippen LogP) is 4.13. The first-order chi connectivity index (χ1) is 18.4. The summed E-state index contributed by atoms with van der Waals surface area (Å²) in [6, 6.07) is 14.1. The molecule has 0 unspecified atom stereocenters. The van der Waals surface area contributed by atoms with Crippen LogP contribution in [-0.4, -0.2) is 55.6 Å². The minimum Gasteiger partial charge on any atom is -0.341 e. The molecule has 0 saturated carbocycles. The minimum absolute atomic E-state index is 0.352. The van der Waals surface area contributed by atoms with E-state index in [1.807, 2.05) is 26.0 Å². The number of amides is 2. The molecule has 0 bridgehead atoms. The number of carbonyl (C=O) groups excluding carboxylic acids is 2. The van der Waals surface area contributed by atoms with Crippen LogP contribution in [0, 0.1) is 19.8 Å². The van der Waals surface area contributed by atoms with Gasteiger partial charge in [0.25, 0.3) is 11.1 Å². The molecule has 0 radical (unpaired) electrons. The molecule has 5 rings (SSSR count). The van der Waals surface area contributed by atoms with E-state index in [0.29, 0.717) is 22.5 Å². The zero-order valence-electron chi connectivity index (χ0n) is 21.6. The van der Waals surface area contributed by atoms with Crippen LogP contribution in [0.5, 0.6) is 0 Å². The number of pyridine rings is 2. The van der Waals surface area contributed by atoms with Gasteiger partial charge in [-0.3, -0.25) is 29.8 Å². The zero-order valence-corrected chi connectivity index (χ0v) is 22.4. The van der Waals surface area contributed by atoms with E-state index in [1.54, 1.807) is 18.3 Å². The molecule has 0 spiro atoms. The molecule has 10 heteroatoms. The lowest BCUT2D eigenvalue weighted by Gasteiger charge is -2.35. The number of hydrogen-bond acceptors (Lipinski definition) is 9. The number of carbonyl (C=O) groups is 2. The van der Waals surface area contributed by atoms with Gasteiger partial charge in [-0.2, -0.15) is 0 Å². The van der Waals surface area contributed by atoms with Gasteiger partial charge in [0.15, 0.2) is 0 Å². The number of imide groups is 1. The first-order valence-electron chi connectivity index (χ1n) is 12.8. The van der Waals surface area contributed by atoms with Crippen molar-refractivity contribution in [2.75, 3.05) is 24.5 Å². The molecule has 0 aromatic carbocycles. The Morgan fingerprint density at radius 2 is 1.63 bits per heavy atom. The van der Waals surface area contributed by atoms with Crippen molar-refractivity contribution in [2.45, 2.75) is 39.8 Å². The van der Waals surface area contributed by atoms with E-state index in [0.717, 1.165) is 80.1 Å². The smallest absolute Gasteiger partial charge is 0.290 e. The predicted molar refractivity (Wildman–Crippen MR) is 148 cm³/mol. The van der Waals surface area contributed by atoms with E-state index >= 15 is 0 Å². The summed E-state index contributed by atoms with van der Waals surface area (Å²) in [5.74, 6) is 0.806. The molecule has 2 aliphatic heterocycles. The molecule has 3 aromatic heterocycles. The van der Waals surface area contributed by atoms with Crippen molar-refractivity contribution in [2.24, 2.45) is 5.92 Å². The van der Waals surface area contributed by atoms with Crippen LogP contribution in [-0.2, 0) is 17.9 Å². The number of rotatable bonds is 8. The molecule has 0 aliphatic carbocycles. The Balaban J connectivity index is 1.23. The molecule has 2 fully saturated rings. The van der Waals surface area contributed by atoms with Gasteiger partial charge < -0.3 is 4.90 Å². The van der Waals surface area contributed by atoms with E-state index in [1.165, 1.54) is 0 Å². The van der Waals surface area contributed by atoms with E-state index in [4.69, 9.17) is 9.97 Å². The van der Waals surface area contributed by atoms with Crippen molar-refractivity contribution in [3.63, 3.8) is 0 Å².